The van der Waals surface area contributed by atoms with E-state index in [1.807, 2.05) is 32.0 Å². The normalized spacial score (nSPS) is 10.2. The molecule has 0 saturated carbocycles. The average Bonchev–Trinajstić information content (AvgIpc) is 2.62. The fourth-order valence-corrected chi connectivity index (χ4v) is 2.64. The van der Waals surface area contributed by atoms with E-state index < -0.39 is 0 Å². The number of anilines is 2. The predicted octanol–water partition coefficient (Wildman–Crippen LogP) is 3.65. The number of methoxy groups -OCH3 is 2. The minimum Gasteiger partial charge on any atom is -0.494 e. The summed E-state index contributed by atoms with van der Waals surface area (Å²) in [7, 11) is 3.09. The van der Waals surface area contributed by atoms with Crippen LogP contribution in [0.1, 0.15) is 24.2 Å². The van der Waals surface area contributed by atoms with E-state index in [2.05, 4.69) is 16.0 Å². The number of carbonyl (C=O) groups is 1. The monoisotopic (exact) mass is 373 g/mol. The van der Waals surface area contributed by atoms with Crippen LogP contribution in [0.3, 0.4) is 0 Å². The highest BCUT2D eigenvalue weighted by molar-refractivity contribution is 7.80. The molecule has 0 spiro atoms. The number of hydrogen-bond acceptors (Lipinski definition) is 4. The highest BCUT2D eigenvalue weighted by Gasteiger charge is 2.15. The number of carbonyl (C=O) groups excluding carboxylic acids is 1. The Kier molecular flexibility index (Phi) is 6.80. The van der Waals surface area contributed by atoms with Crippen molar-refractivity contribution in [3.05, 3.63) is 48.0 Å². The number of amides is 1. The maximum absolute atomic E-state index is 12.4. The van der Waals surface area contributed by atoms with Crippen molar-refractivity contribution in [2.24, 2.45) is 0 Å². The van der Waals surface area contributed by atoms with Gasteiger partial charge in [0.05, 0.1) is 25.6 Å². The Balaban J connectivity index is 2.27. The summed E-state index contributed by atoms with van der Waals surface area (Å²) in [5.74, 6) is 0.788. The quantitative estimate of drug-likeness (QED) is 0.672. The summed E-state index contributed by atoms with van der Waals surface area (Å²) in [4.78, 5) is 12.4. The van der Waals surface area contributed by atoms with Gasteiger partial charge in [0.1, 0.15) is 11.5 Å². The first kappa shape index (κ1) is 19.5. The van der Waals surface area contributed by atoms with E-state index in [1.54, 1.807) is 31.4 Å². The Morgan fingerprint density at radius 3 is 2.00 bits per heavy atom. The zero-order valence-electron chi connectivity index (χ0n) is 15.3. The zero-order chi connectivity index (χ0) is 19.1. The van der Waals surface area contributed by atoms with Crippen molar-refractivity contribution < 1.29 is 14.3 Å². The van der Waals surface area contributed by atoms with Crippen LogP contribution in [0.5, 0.6) is 11.5 Å². The third-order valence-corrected chi connectivity index (χ3v) is 3.69. The molecule has 1 amide bonds. The molecule has 0 aromatic heterocycles. The molecule has 2 aromatic carbocycles. The molecule has 0 aliphatic rings. The third kappa shape index (κ3) is 5.10. The molecular weight excluding hydrogens is 350 g/mol. The van der Waals surface area contributed by atoms with Crippen molar-refractivity contribution in [3.63, 3.8) is 0 Å². The van der Waals surface area contributed by atoms with E-state index in [4.69, 9.17) is 21.7 Å². The van der Waals surface area contributed by atoms with Gasteiger partial charge in [-0.3, -0.25) is 4.79 Å². The van der Waals surface area contributed by atoms with E-state index in [-0.39, 0.29) is 11.9 Å². The van der Waals surface area contributed by atoms with Crippen LogP contribution in [-0.2, 0) is 0 Å². The fraction of sp³-hybridized carbons (Fsp3) is 0.263. The maximum Gasteiger partial charge on any atom is 0.255 e. The molecular formula is C19H23N3O3S. The lowest BCUT2D eigenvalue weighted by Gasteiger charge is -2.18. The lowest BCUT2D eigenvalue weighted by molar-refractivity contribution is 0.102. The van der Waals surface area contributed by atoms with Gasteiger partial charge in [-0.05, 0) is 38.2 Å². The average molecular weight is 373 g/mol. The third-order valence-electron chi connectivity index (χ3n) is 3.47. The smallest absolute Gasteiger partial charge is 0.255 e. The molecule has 0 bridgehead atoms. The van der Waals surface area contributed by atoms with Gasteiger partial charge in [-0.2, -0.15) is 0 Å². The van der Waals surface area contributed by atoms with E-state index in [1.165, 1.54) is 7.11 Å². The van der Waals surface area contributed by atoms with E-state index in [9.17, 15) is 4.79 Å². The summed E-state index contributed by atoms with van der Waals surface area (Å²) >= 11 is 5.28. The molecule has 0 heterocycles. The highest BCUT2D eigenvalue weighted by atomic mass is 32.1. The minimum absolute atomic E-state index is 0.201. The minimum atomic E-state index is -0.233. The van der Waals surface area contributed by atoms with Crippen molar-refractivity contribution in [2.45, 2.75) is 19.9 Å². The van der Waals surface area contributed by atoms with Gasteiger partial charge in [-0.25, -0.2) is 0 Å². The van der Waals surface area contributed by atoms with Crippen LogP contribution in [0.2, 0.25) is 0 Å². The van der Waals surface area contributed by atoms with Gasteiger partial charge < -0.3 is 25.4 Å². The Labute approximate surface area is 158 Å². The van der Waals surface area contributed by atoms with Gasteiger partial charge in [-0.15, -0.1) is 0 Å². The largest absolute Gasteiger partial charge is 0.494 e. The lowest BCUT2D eigenvalue weighted by Crippen LogP contribution is -2.34. The molecule has 26 heavy (non-hydrogen) atoms. The highest BCUT2D eigenvalue weighted by Crippen LogP contribution is 2.36. The van der Waals surface area contributed by atoms with Crippen molar-refractivity contribution >= 4 is 34.6 Å². The van der Waals surface area contributed by atoms with Gasteiger partial charge in [-0.1, -0.05) is 18.2 Å². The summed E-state index contributed by atoms with van der Waals surface area (Å²) in [5.41, 5.74) is 1.70. The van der Waals surface area contributed by atoms with Gasteiger partial charge in [0.25, 0.3) is 5.91 Å². The summed E-state index contributed by atoms with van der Waals surface area (Å²) in [5, 5.41) is 9.50. The molecule has 7 heteroatoms. The number of thiocarbonyl (C=S) groups is 1. The van der Waals surface area contributed by atoms with Crippen LogP contribution in [0, 0.1) is 0 Å². The number of rotatable bonds is 6. The molecule has 2 aromatic rings. The molecule has 0 fully saturated rings. The summed E-state index contributed by atoms with van der Waals surface area (Å²) in [6.07, 6.45) is 0. The molecule has 0 aliphatic heterocycles. The maximum atomic E-state index is 12.4. The van der Waals surface area contributed by atoms with Crippen molar-refractivity contribution in [1.82, 2.24) is 5.32 Å². The van der Waals surface area contributed by atoms with E-state index >= 15 is 0 Å². The van der Waals surface area contributed by atoms with E-state index in [0.29, 0.717) is 33.5 Å². The lowest BCUT2D eigenvalue weighted by atomic mass is 10.2. The Hall–Kier alpha value is -2.80. The summed E-state index contributed by atoms with van der Waals surface area (Å²) < 4.78 is 10.8. The van der Waals surface area contributed by atoms with Crippen molar-refractivity contribution in [2.75, 3.05) is 24.9 Å². The van der Waals surface area contributed by atoms with Crippen LogP contribution >= 0.6 is 12.2 Å². The first-order chi connectivity index (χ1) is 12.4. The van der Waals surface area contributed by atoms with Crippen molar-refractivity contribution in [1.29, 1.82) is 0 Å². The molecule has 0 unspecified atom stereocenters. The van der Waals surface area contributed by atoms with Gasteiger partial charge in [0.15, 0.2) is 5.11 Å². The molecule has 3 N–H and O–H groups in total. The van der Waals surface area contributed by atoms with Gasteiger partial charge >= 0.3 is 0 Å². The van der Waals surface area contributed by atoms with Gasteiger partial charge in [0, 0.05) is 23.7 Å². The molecule has 0 radical (unpaired) electrons. The van der Waals surface area contributed by atoms with E-state index in [0.717, 1.165) is 0 Å². The SMILES string of the molecule is COc1cc(NC(=S)NC(C)C)c(OC)cc1NC(=O)c1ccccc1. The zero-order valence-corrected chi connectivity index (χ0v) is 16.1. The Morgan fingerprint density at radius 2 is 1.50 bits per heavy atom. The second-order valence-electron chi connectivity index (χ2n) is 5.83. The second kappa shape index (κ2) is 9.05. The number of ether oxygens (including phenoxy) is 2. The van der Waals surface area contributed by atoms with Crippen LogP contribution in [0.15, 0.2) is 42.5 Å². The number of nitrogens with one attached hydrogen (secondary N) is 3. The van der Waals surface area contributed by atoms with Crippen LogP contribution in [0.4, 0.5) is 11.4 Å². The topological polar surface area (TPSA) is 71.6 Å². The van der Waals surface area contributed by atoms with Crippen LogP contribution < -0.4 is 25.4 Å². The fourth-order valence-electron chi connectivity index (χ4n) is 2.30. The first-order valence-corrected chi connectivity index (χ1v) is 8.55. The van der Waals surface area contributed by atoms with Crippen molar-refractivity contribution in [3.8, 4) is 11.5 Å². The van der Waals surface area contributed by atoms with Crippen LogP contribution in [0.25, 0.3) is 0 Å². The number of benzene rings is 2. The first-order valence-electron chi connectivity index (χ1n) is 8.14. The Morgan fingerprint density at radius 1 is 0.962 bits per heavy atom. The summed E-state index contributed by atoms with van der Waals surface area (Å²) in [6.45, 7) is 3.99. The molecule has 6 nitrogen and oxygen atoms in total. The second-order valence-corrected chi connectivity index (χ2v) is 6.23. The summed E-state index contributed by atoms with van der Waals surface area (Å²) in [6, 6.07) is 12.6. The molecule has 0 aliphatic carbocycles. The van der Waals surface area contributed by atoms with Gasteiger partial charge in [0.2, 0.25) is 0 Å². The van der Waals surface area contributed by atoms with Crippen LogP contribution in [-0.4, -0.2) is 31.3 Å². The standard InChI is InChI=1S/C19H23N3O3S/c1-12(2)20-19(26)22-15-11-16(24-3)14(10-17(15)25-4)21-18(23)13-8-6-5-7-9-13/h5-12H,1-4H3,(H,21,23)(H2,20,22,26). The molecule has 0 atom stereocenters. The molecule has 2 rings (SSSR count). The number of hydrogen-bond donors (Lipinski definition) is 3. The molecule has 138 valence electrons. The molecule has 0 saturated heterocycles. The predicted molar refractivity (Wildman–Crippen MR) is 108 cm³/mol. The Bertz CT molecular complexity index is 779.